The average molecular weight is 401 g/mol. The fourth-order valence-electron chi connectivity index (χ4n) is 2.98. The third kappa shape index (κ3) is 3.70. The number of amides is 2. The van der Waals surface area contributed by atoms with Gasteiger partial charge in [0.25, 0.3) is 11.1 Å². The summed E-state index contributed by atoms with van der Waals surface area (Å²) in [5, 5.41) is 5.75. The molecule has 148 valence electrons. The van der Waals surface area contributed by atoms with Gasteiger partial charge in [-0.2, -0.15) is 0 Å². The molecular formula is C19H23N5O3S. The van der Waals surface area contributed by atoms with E-state index in [0.717, 1.165) is 0 Å². The van der Waals surface area contributed by atoms with Gasteiger partial charge in [-0.3, -0.25) is 19.5 Å². The molecule has 2 amide bonds. The molecule has 0 aliphatic carbocycles. The number of thiazole rings is 1. The van der Waals surface area contributed by atoms with Gasteiger partial charge in [0.2, 0.25) is 0 Å². The zero-order chi connectivity index (χ0) is 20.4. The third-order valence-electron chi connectivity index (χ3n) is 4.31. The van der Waals surface area contributed by atoms with Crippen molar-refractivity contribution in [2.45, 2.75) is 40.3 Å². The van der Waals surface area contributed by atoms with Gasteiger partial charge in [0, 0.05) is 37.0 Å². The van der Waals surface area contributed by atoms with Gasteiger partial charge in [-0.05, 0) is 45.4 Å². The molecule has 8 nitrogen and oxygen atoms in total. The number of urea groups is 1. The van der Waals surface area contributed by atoms with E-state index in [2.05, 4.69) is 15.6 Å². The molecule has 0 bridgehead atoms. The third-order valence-corrected chi connectivity index (χ3v) is 5.29. The van der Waals surface area contributed by atoms with Crippen LogP contribution in [0.15, 0.2) is 34.0 Å². The standard InChI is InChI=1S/C19H23N5O3S/c1-5-20-18(27)22-19-21-14-10-13(12-7-8-23(6-2)15(25)9-12)16(26)24(11(3)4)17(14)28-19/h7-11H,5-6H2,1-4H3,(H2,20,21,22,27). The zero-order valence-electron chi connectivity index (χ0n) is 16.3. The van der Waals surface area contributed by atoms with Crippen molar-refractivity contribution in [1.29, 1.82) is 0 Å². The Morgan fingerprint density at radius 3 is 2.61 bits per heavy atom. The summed E-state index contributed by atoms with van der Waals surface area (Å²) in [5.41, 5.74) is 1.22. The summed E-state index contributed by atoms with van der Waals surface area (Å²) in [6.07, 6.45) is 1.68. The number of hydrogen-bond acceptors (Lipinski definition) is 5. The molecule has 3 rings (SSSR count). The molecule has 28 heavy (non-hydrogen) atoms. The minimum absolute atomic E-state index is 0.108. The maximum Gasteiger partial charge on any atom is 0.321 e. The van der Waals surface area contributed by atoms with E-state index in [9.17, 15) is 14.4 Å². The van der Waals surface area contributed by atoms with Gasteiger partial charge < -0.3 is 9.88 Å². The van der Waals surface area contributed by atoms with Crippen LogP contribution in [0.25, 0.3) is 21.5 Å². The maximum atomic E-state index is 13.2. The molecule has 0 atom stereocenters. The summed E-state index contributed by atoms with van der Waals surface area (Å²) in [5.74, 6) is 0. The van der Waals surface area contributed by atoms with E-state index in [1.807, 2.05) is 27.7 Å². The van der Waals surface area contributed by atoms with Crippen molar-refractivity contribution in [2.75, 3.05) is 11.9 Å². The monoisotopic (exact) mass is 401 g/mol. The molecular weight excluding hydrogens is 378 g/mol. The summed E-state index contributed by atoms with van der Waals surface area (Å²) in [6.45, 7) is 8.60. The first-order valence-corrected chi connectivity index (χ1v) is 9.99. The Kier molecular flexibility index (Phi) is 5.64. The molecule has 0 fully saturated rings. The van der Waals surface area contributed by atoms with Crippen molar-refractivity contribution in [3.63, 3.8) is 0 Å². The Balaban J connectivity index is 2.18. The number of hydrogen-bond donors (Lipinski definition) is 2. The topological polar surface area (TPSA) is 98.0 Å². The van der Waals surface area contributed by atoms with E-state index >= 15 is 0 Å². The first-order chi connectivity index (χ1) is 13.3. The molecule has 2 N–H and O–H groups in total. The number of carbonyl (C=O) groups excluding carboxylic acids is 1. The summed E-state index contributed by atoms with van der Waals surface area (Å²) >= 11 is 1.25. The Hall–Kier alpha value is -2.94. The number of pyridine rings is 2. The molecule has 9 heteroatoms. The first-order valence-electron chi connectivity index (χ1n) is 9.17. The van der Waals surface area contributed by atoms with Crippen LogP contribution in [-0.2, 0) is 6.54 Å². The van der Waals surface area contributed by atoms with Gasteiger partial charge in [-0.1, -0.05) is 11.3 Å². The van der Waals surface area contributed by atoms with Gasteiger partial charge in [-0.25, -0.2) is 9.78 Å². The predicted octanol–water partition coefficient (Wildman–Crippen LogP) is 3.03. The molecule has 3 aromatic heterocycles. The molecule has 0 aromatic carbocycles. The van der Waals surface area contributed by atoms with Crippen molar-refractivity contribution in [1.82, 2.24) is 19.4 Å². The number of aromatic nitrogens is 3. The quantitative estimate of drug-likeness (QED) is 0.687. The van der Waals surface area contributed by atoms with Crippen LogP contribution in [0.4, 0.5) is 9.93 Å². The second-order valence-electron chi connectivity index (χ2n) is 6.56. The summed E-state index contributed by atoms with van der Waals surface area (Å²) in [7, 11) is 0. The van der Waals surface area contributed by atoms with Crippen molar-refractivity contribution >= 4 is 32.8 Å². The van der Waals surface area contributed by atoms with Crippen LogP contribution in [0, 0.1) is 0 Å². The molecule has 0 unspecified atom stereocenters. The fourth-order valence-corrected chi connectivity index (χ4v) is 4.05. The van der Waals surface area contributed by atoms with E-state index in [1.165, 1.54) is 17.4 Å². The Labute approximate surface area is 165 Å². The number of nitrogens with zero attached hydrogens (tertiary/aromatic N) is 3. The zero-order valence-corrected chi connectivity index (χ0v) is 17.1. The number of fused-ring (bicyclic) bond motifs is 1. The highest BCUT2D eigenvalue weighted by molar-refractivity contribution is 7.22. The second-order valence-corrected chi connectivity index (χ2v) is 7.54. The lowest BCUT2D eigenvalue weighted by atomic mass is 10.1. The van der Waals surface area contributed by atoms with Crippen molar-refractivity contribution in [2.24, 2.45) is 0 Å². The number of rotatable bonds is 5. The Bertz CT molecular complexity index is 1140. The van der Waals surface area contributed by atoms with Crippen LogP contribution in [0.1, 0.15) is 33.7 Å². The molecule has 3 aromatic rings. The smallest absolute Gasteiger partial charge is 0.321 e. The van der Waals surface area contributed by atoms with Crippen LogP contribution in [0.3, 0.4) is 0 Å². The minimum Gasteiger partial charge on any atom is -0.338 e. The molecule has 0 aliphatic heterocycles. The lowest BCUT2D eigenvalue weighted by Crippen LogP contribution is -2.28. The normalized spacial score (nSPS) is 11.2. The highest BCUT2D eigenvalue weighted by Gasteiger charge is 2.18. The van der Waals surface area contributed by atoms with Gasteiger partial charge in [0.1, 0.15) is 10.3 Å². The number of nitrogens with one attached hydrogen (secondary N) is 2. The lowest BCUT2D eigenvalue weighted by Gasteiger charge is -2.13. The molecule has 0 spiro atoms. The largest absolute Gasteiger partial charge is 0.338 e. The predicted molar refractivity (Wildman–Crippen MR) is 112 cm³/mol. The first kappa shape index (κ1) is 19.8. The summed E-state index contributed by atoms with van der Waals surface area (Å²) < 4.78 is 3.22. The molecule has 0 saturated heterocycles. The Morgan fingerprint density at radius 1 is 1.25 bits per heavy atom. The second kappa shape index (κ2) is 7.97. The van der Waals surface area contributed by atoms with Crippen LogP contribution in [0.5, 0.6) is 0 Å². The van der Waals surface area contributed by atoms with Gasteiger partial charge >= 0.3 is 6.03 Å². The van der Waals surface area contributed by atoms with E-state index in [4.69, 9.17) is 0 Å². The van der Waals surface area contributed by atoms with Crippen LogP contribution >= 0.6 is 11.3 Å². The minimum atomic E-state index is -0.344. The van der Waals surface area contributed by atoms with Crippen molar-refractivity contribution in [3.8, 4) is 11.1 Å². The van der Waals surface area contributed by atoms with Gasteiger partial charge in [0.05, 0.1) is 0 Å². The number of aryl methyl sites for hydroxylation is 1. The van der Waals surface area contributed by atoms with Gasteiger partial charge in [-0.15, -0.1) is 0 Å². The van der Waals surface area contributed by atoms with E-state index in [-0.39, 0.29) is 23.2 Å². The maximum absolute atomic E-state index is 13.2. The number of carbonyl (C=O) groups is 1. The van der Waals surface area contributed by atoms with E-state index in [1.54, 1.807) is 27.5 Å². The lowest BCUT2D eigenvalue weighted by molar-refractivity contribution is 0.252. The van der Waals surface area contributed by atoms with E-state index < -0.39 is 0 Å². The summed E-state index contributed by atoms with van der Waals surface area (Å²) in [6, 6.07) is 4.46. The molecule has 0 aliphatic rings. The summed E-state index contributed by atoms with van der Waals surface area (Å²) in [4.78, 5) is 42.3. The molecule has 3 heterocycles. The fraction of sp³-hybridized carbons (Fsp3) is 0.368. The van der Waals surface area contributed by atoms with Crippen LogP contribution in [0.2, 0.25) is 0 Å². The van der Waals surface area contributed by atoms with Crippen LogP contribution in [-0.4, -0.2) is 26.7 Å². The SMILES string of the molecule is CCNC(=O)Nc1nc2cc(-c3ccn(CC)c(=O)c3)c(=O)n(C(C)C)c2s1. The van der Waals surface area contributed by atoms with Crippen molar-refractivity contribution < 1.29 is 4.79 Å². The van der Waals surface area contributed by atoms with Crippen LogP contribution < -0.4 is 21.8 Å². The molecule has 0 radical (unpaired) electrons. The van der Waals surface area contributed by atoms with Gasteiger partial charge in [0.15, 0.2) is 5.13 Å². The highest BCUT2D eigenvalue weighted by Crippen LogP contribution is 2.29. The average Bonchev–Trinajstić information content (AvgIpc) is 3.02. The van der Waals surface area contributed by atoms with E-state index in [0.29, 0.717) is 39.7 Å². The Morgan fingerprint density at radius 2 is 2.00 bits per heavy atom. The number of anilines is 1. The molecule has 0 saturated carbocycles. The van der Waals surface area contributed by atoms with Crippen molar-refractivity contribution in [3.05, 3.63) is 45.1 Å². The highest BCUT2D eigenvalue weighted by atomic mass is 32.1.